The van der Waals surface area contributed by atoms with Gasteiger partial charge in [0.2, 0.25) is 0 Å². The van der Waals surface area contributed by atoms with Crippen molar-refractivity contribution in [2.75, 3.05) is 10.6 Å². The number of carbonyl (C=O) groups is 1. The molecule has 1 heterocycles. The second-order valence-electron chi connectivity index (χ2n) is 5.60. The zero-order valence-corrected chi connectivity index (χ0v) is 13.6. The molecule has 2 aromatic carbocycles. The molecule has 0 aromatic heterocycles. The molecule has 4 heteroatoms. The van der Waals surface area contributed by atoms with Crippen LogP contribution in [0, 0.1) is 6.92 Å². The number of anilines is 2. The molecule has 3 rings (SSSR count). The summed E-state index contributed by atoms with van der Waals surface area (Å²) in [6, 6.07) is 11.7. The summed E-state index contributed by atoms with van der Waals surface area (Å²) in [5.74, 6) is 0.0258. The molecule has 0 spiro atoms. The first-order chi connectivity index (χ1) is 9.97. The number of fused-ring (bicyclic) bond motifs is 1. The average Bonchev–Trinajstić information content (AvgIpc) is 2.73. The molecule has 1 aliphatic rings. The van der Waals surface area contributed by atoms with Crippen LogP contribution in [0.3, 0.4) is 0 Å². The summed E-state index contributed by atoms with van der Waals surface area (Å²) in [5.41, 5.74) is 10.5. The first-order valence-corrected chi connectivity index (χ1v) is 7.75. The van der Waals surface area contributed by atoms with Crippen molar-refractivity contribution in [3.8, 4) is 0 Å². The van der Waals surface area contributed by atoms with Crippen LogP contribution in [0.4, 0.5) is 11.4 Å². The molecule has 0 fully saturated rings. The van der Waals surface area contributed by atoms with Crippen molar-refractivity contribution in [2.45, 2.75) is 26.3 Å². The predicted octanol–water partition coefficient (Wildman–Crippen LogP) is 3.93. The van der Waals surface area contributed by atoms with Gasteiger partial charge in [-0.25, -0.2) is 0 Å². The smallest absolute Gasteiger partial charge is 0.259 e. The normalized spacial score (nSPS) is 16.9. The number of nitrogens with two attached hydrogens (primary N) is 1. The Bertz CT molecular complexity index is 727. The van der Waals surface area contributed by atoms with E-state index in [2.05, 4.69) is 22.9 Å². The Hall–Kier alpha value is -1.81. The molecule has 1 atom stereocenters. The van der Waals surface area contributed by atoms with E-state index >= 15 is 0 Å². The molecule has 3 nitrogen and oxygen atoms in total. The van der Waals surface area contributed by atoms with E-state index in [1.54, 1.807) is 0 Å². The molecule has 0 saturated carbocycles. The van der Waals surface area contributed by atoms with Crippen LogP contribution in [-0.2, 0) is 6.42 Å². The van der Waals surface area contributed by atoms with Gasteiger partial charge in [0.05, 0.1) is 5.56 Å². The van der Waals surface area contributed by atoms with Crippen molar-refractivity contribution in [1.82, 2.24) is 0 Å². The highest BCUT2D eigenvalue weighted by atomic mass is 79.9. The Morgan fingerprint density at radius 2 is 2.05 bits per heavy atom. The average molecular weight is 345 g/mol. The number of nitrogen functional groups attached to an aromatic ring is 1. The lowest BCUT2D eigenvalue weighted by molar-refractivity contribution is 0.0980. The summed E-state index contributed by atoms with van der Waals surface area (Å²) in [7, 11) is 0. The van der Waals surface area contributed by atoms with E-state index in [9.17, 15) is 4.79 Å². The van der Waals surface area contributed by atoms with E-state index in [-0.39, 0.29) is 11.9 Å². The third-order valence-electron chi connectivity index (χ3n) is 3.89. The van der Waals surface area contributed by atoms with E-state index in [4.69, 9.17) is 5.73 Å². The van der Waals surface area contributed by atoms with E-state index < -0.39 is 0 Å². The van der Waals surface area contributed by atoms with Crippen LogP contribution in [0.1, 0.15) is 28.4 Å². The molecule has 1 unspecified atom stereocenters. The molecule has 2 aromatic rings. The zero-order chi connectivity index (χ0) is 15.1. The monoisotopic (exact) mass is 344 g/mol. The molecule has 0 saturated heterocycles. The first-order valence-electron chi connectivity index (χ1n) is 6.95. The molecule has 1 aliphatic heterocycles. The fourth-order valence-electron chi connectivity index (χ4n) is 2.88. The van der Waals surface area contributed by atoms with Crippen LogP contribution in [0.2, 0.25) is 0 Å². The predicted molar refractivity (Wildman–Crippen MR) is 89.7 cm³/mol. The Morgan fingerprint density at radius 3 is 2.76 bits per heavy atom. The maximum absolute atomic E-state index is 12.9. The number of hydrogen-bond acceptors (Lipinski definition) is 2. The summed E-state index contributed by atoms with van der Waals surface area (Å²) in [4.78, 5) is 14.8. The number of nitrogens with zero attached hydrogens (tertiary/aromatic N) is 1. The van der Waals surface area contributed by atoms with Crippen LogP contribution in [0.15, 0.2) is 40.9 Å². The van der Waals surface area contributed by atoms with Gasteiger partial charge in [-0.3, -0.25) is 4.79 Å². The fraction of sp³-hybridized carbons (Fsp3) is 0.235. The van der Waals surface area contributed by atoms with Crippen molar-refractivity contribution in [1.29, 1.82) is 0 Å². The second kappa shape index (κ2) is 5.19. The lowest BCUT2D eigenvalue weighted by Crippen LogP contribution is -2.35. The number of rotatable bonds is 1. The summed E-state index contributed by atoms with van der Waals surface area (Å²) < 4.78 is 0.837. The molecule has 108 valence electrons. The SMILES string of the molecule is Cc1ccc(C(=O)N2c3ccc(N)cc3CC2C)c(Br)c1. The number of halogens is 1. The third-order valence-corrected chi connectivity index (χ3v) is 4.55. The lowest BCUT2D eigenvalue weighted by atomic mass is 10.1. The van der Waals surface area contributed by atoms with Crippen molar-refractivity contribution < 1.29 is 4.79 Å². The molecule has 0 bridgehead atoms. The summed E-state index contributed by atoms with van der Waals surface area (Å²) in [6.07, 6.45) is 0.843. The van der Waals surface area contributed by atoms with Gasteiger partial charge in [-0.2, -0.15) is 0 Å². The highest BCUT2D eigenvalue weighted by Gasteiger charge is 2.32. The van der Waals surface area contributed by atoms with Crippen LogP contribution >= 0.6 is 15.9 Å². The molecule has 1 amide bonds. The number of aryl methyl sites for hydroxylation is 1. The number of benzene rings is 2. The summed E-state index contributed by atoms with van der Waals surface area (Å²) >= 11 is 3.50. The first kappa shape index (κ1) is 14.1. The van der Waals surface area contributed by atoms with Crippen molar-refractivity contribution in [2.24, 2.45) is 0 Å². The van der Waals surface area contributed by atoms with E-state index in [0.29, 0.717) is 5.56 Å². The molecular weight excluding hydrogens is 328 g/mol. The minimum atomic E-state index is 0.0258. The second-order valence-corrected chi connectivity index (χ2v) is 6.45. The van der Waals surface area contributed by atoms with Crippen LogP contribution < -0.4 is 10.6 Å². The largest absolute Gasteiger partial charge is 0.399 e. The topological polar surface area (TPSA) is 46.3 Å². The van der Waals surface area contributed by atoms with Gasteiger partial charge in [-0.1, -0.05) is 6.07 Å². The van der Waals surface area contributed by atoms with E-state index in [1.165, 1.54) is 0 Å². The number of carbonyl (C=O) groups excluding carboxylic acids is 1. The molecule has 0 radical (unpaired) electrons. The Labute approximate surface area is 132 Å². The quantitative estimate of drug-likeness (QED) is 0.796. The minimum Gasteiger partial charge on any atom is -0.399 e. The lowest BCUT2D eigenvalue weighted by Gasteiger charge is -2.23. The highest BCUT2D eigenvalue weighted by molar-refractivity contribution is 9.10. The van der Waals surface area contributed by atoms with Gasteiger partial charge >= 0.3 is 0 Å². The Kier molecular flexibility index (Phi) is 3.49. The van der Waals surface area contributed by atoms with Gasteiger partial charge in [-0.15, -0.1) is 0 Å². The van der Waals surface area contributed by atoms with Crippen molar-refractivity contribution in [3.63, 3.8) is 0 Å². The maximum atomic E-state index is 12.9. The Morgan fingerprint density at radius 1 is 1.29 bits per heavy atom. The fourth-order valence-corrected chi connectivity index (χ4v) is 3.55. The molecule has 2 N–H and O–H groups in total. The minimum absolute atomic E-state index is 0.0258. The van der Waals surface area contributed by atoms with E-state index in [1.807, 2.05) is 48.2 Å². The van der Waals surface area contributed by atoms with Gasteiger partial charge < -0.3 is 10.6 Å². The third kappa shape index (κ3) is 2.44. The van der Waals surface area contributed by atoms with Crippen molar-refractivity contribution in [3.05, 3.63) is 57.6 Å². The van der Waals surface area contributed by atoms with E-state index in [0.717, 1.165) is 33.4 Å². The zero-order valence-electron chi connectivity index (χ0n) is 12.1. The molecule has 0 aliphatic carbocycles. The molecular formula is C17H17BrN2O. The number of amides is 1. The van der Waals surface area contributed by atoms with Crippen LogP contribution in [-0.4, -0.2) is 11.9 Å². The number of hydrogen-bond donors (Lipinski definition) is 1. The summed E-state index contributed by atoms with van der Waals surface area (Å²) in [6.45, 7) is 4.08. The van der Waals surface area contributed by atoms with Crippen LogP contribution in [0.5, 0.6) is 0 Å². The van der Waals surface area contributed by atoms with Gasteiger partial charge in [0, 0.05) is 21.9 Å². The maximum Gasteiger partial charge on any atom is 0.259 e. The van der Waals surface area contributed by atoms with Crippen molar-refractivity contribution >= 4 is 33.2 Å². The summed E-state index contributed by atoms with van der Waals surface area (Å²) in [5, 5.41) is 0. The van der Waals surface area contributed by atoms with Gasteiger partial charge in [-0.05, 0) is 77.7 Å². The standard InChI is InChI=1S/C17H17BrN2O/c1-10-3-5-14(15(18)7-10)17(21)20-11(2)8-12-9-13(19)4-6-16(12)20/h3-7,9,11H,8,19H2,1-2H3. The van der Waals surface area contributed by atoms with Gasteiger partial charge in [0.15, 0.2) is 0 Å². The molecule has 21 heavy (non-hydrogen) atoms. The van der Waals surface area contributed by atoms with Crippen LogP contribution in [0.25, 0.3) is 0 Å². The Balaban J connectivity index is 2.03. The van der Waals surface area contributed by atoms with Gasteiger partial charge in [0.1, 0.15) is 0 Å². The highest BCUT2D eigenvalue weighted by Crippen LogP contribution is 2.35. The van der Waals surface area contributed by atoms with Gasteiger partial charge in [0.25, 0.3) is 5.91 Å².